The summed E-state index contributed by atoms with van der Waals surface area (Å²) >= 11 is 1.77. The highest BCUT2D eigenvalue weighted by atomic mass is 32.1. The lowest BCUT2D eigenvalue weighted by atomic mass is 9.32. The Labute approximate surface area is 357 Å². The first kappa shape index (κ1) is 26.7. The van der Waals surface area contributed by atoms with Crippen molar-refractivity contribution >= 4 is 78.2 Å². The van der Waals surface area contributed by atoms with Crippen LogP contribution in [0.3, 0.4) is 0 Å². The first-order chi connectivity index (χ1) is 31.3. The van der Waals surface area contributed by atoms with E-state index in [0.717, 1.165) is 61.1 Å². The highest BCUT2D eigenvalue weighted by molar-refractivity contribution is 7.33. The van der Waals surface area contributed by atoms with Crippen molar-refractivity contribution in [2.24, 2.45) is 0 Å². The van der Waals surface area contributed by atoms with Gasteiger partial charge in [-0.05, 0) is 117 Å². The molecule has 5 aromatic carbocycles. The monoisotopic (exact) mass is 771 g/mol. The molecule has 10 rings (SSSR count). The van der Waals surface area contributed by atoms with E-state index in [1.807, 2.05) is 12.1 Å². The number of hydrogen-bond donors (Lipinski definition) is 0. The van der Waals surface area contributed by atoms with Gasteiger partial charge in [-0.3, -0.25) is 9.80 Å². The van der Waals surface area contributed by atoms with Crippen molar-refractivity contribution in [3.05, 3.63) is 155 Å². The number of nitrogens with zero attached hydrogens (tertiary/aromatic N) is 3. The molecule has 4 heterocycles. The van der Waals surface area contributed by atoms with Crippen molar-refractivity contribution in [3.8, 4) is 0 Å². The molecule has 0 radical (unpaired) electrons. The van der Waals surface area contributed by atoms with Crippen molar-refractivity contribution in [3.63, 3.8) is 0 Å². The summed E-state index contributed by atoms with van der Waals surface area (Å²) in [6, 6.07) is 17.6. The SMILES string of the molecule is [2H]c1c([2H])c([2H])c(N(c2cc3c4c(n2)N(c2ccc5c(c2)C(C)(C)CCC5(C)C)c2c(sc5ccc(C(C)(C)C)cc25)B4c2ccccc2C3(C)C)c2c([2H])c([2H])c([2H])c([2H])c2[2H])c([2H])c1[2H]. The molecule has 0 unspecified atom stereocenters. The van der Waals surface area contributed by atoms with Gasteiger partial charge in [0.15, 0.2) is 0 Å². The summed E-state index contributed by atoms with van der Waals surface area (Å²) < 4.78 is 91.9. The van der Waals surface area contributed by atoms with Crippen molar-refractivity contribution in [2.45, 2.75) is 96.8 Å². The number of pyridine rings is 1. The fourth-order valence-corrected chi connectivity index (χ4v) is 10.9. The van der Waals surface area contributed by atoms with Gasteiger partial charge in [-0.25, -0.2) is 4.98 Å². The third-order valence-electron chi connectivity index (χ3n) is 12.9. The number of anilines is 6. The third-order valence-corrected chi connectivity index (χ3v) is 14.2. The normalized spacial score (nSPS) is 19.5. The third kappa shape index (κ3) is 5.48. The summed E-state index contributed by atoms with van der Waals surface area (Å²) in [7, 11) is 0. The Bertz CT molecular complexity index is 3190. The van der Waals surface area contributed by atoms with E-state index < -0.39 is 65.8 Å². The van der Waals surface area contributed by atoms with E-state index in [4.69, 9.17) is 13.2 Å². The highest BCUT2D eigenvalue weighted by Gasteiger charge is 2.49. The maximum atomic E-state index is 9.32. The summed E-state index contributed by atoms with van der Waals surface area (Å²) in [6.07, 6.45) is 2.04. The number of aromatic nitrogens is 1. The van der Waals surface area contributed by atoms with Gasteiger partial charge in [-0.15, -0.1) is 11.3 Å². The molecular formula is C52H52BN3S. The number of benzene rings is 5. The Kier molecular flexibility index (Phi) is 5.83. The second-order valence-corrected chi connectivity index (χ2v) is 19.9. The molecule has 0 bridgehead atoms. The number of hydrogen-bond acceptors (Lipinski definition) is 4. The quantitative estimate of drug-likeness (QED) is 0.166. The van der Waals surface area contributed by atoms with Crippen LogP contribution in [-0.4, -0.2) is 11.7 Å². The second-order valence-electron chi connectivity index (χ2n) is 18.8. The standard InChI is InChI=1S/C52H52BN3S/c1-49(2,3)33-24-27-43-37(30-33)46-47(57-43)53-42-23-17-16-22-39(42)52(8,9)41-32-44(55(34-18-12-10-13-19-34)35-20-14-11-15-21-35)54-48(45(41)53)56(46)36-25-26-38-40(31-36)51(6,7)29-28-50(38,4)5/h10-27,30-32H,28-29H2,1-9H3/i10D,11D,12D,13D,14D,15D,18D,19D,20D,21D. The Morgan fingerprint density at radius 3 is 2.04 bits per heavy atom. The Balaban J connectivity index is 1.40. The van der Waals surface area contributed by atoms with Crippen molar-refractivity contribution in [1.82, 2.24) is 4.98 Å². The van der Waals surface area contributed by atoms with Crippen LogP contribution in [-0.2, 0) is 21.7 Å². The van der Waals surface area contributed by atoms with Crippen LogP contribution in [0, 0.1) is 0 Å². The van der Waals surface area contributed by atoms with Crippen LogP contribution in [0.4, 0.5) is 34.4 Å². The summed E-state index contributed by atoms with van der Waals surface area (Å²) in [4.78, 5) is 9.05. The van der Waals surface area contributed by atoms with Gasteiger partial charge in [0.2, 0.25) is 0 Å². The summed E-state index contributed by atoms with van der Waals surface area (Å²) in [6.45, 7) is 19.8. The average molecular weight is 772 g/mol. The highest BCUT2D eigenvalue weighted by Crippen LogP contribution is 2.52. The second kappa shape index (κ2) is 12.4. The molecule has 1 aliphatic carbocycles. The Morgan fingerprint density at radius 1 is 0.719 bits per heavy atom. The first-order valence-electron chi connectivity index (χ1n) is 24.9. The lowest BCUT2D eigenvalue weighted by Gasteiger charge is -2.45. The molecule has 0 saturated carbocycles. The number of rotatable bonds is 4. The predicted molar refractivity (Wildman–Crippen MR) is 246 cm³/mol. The lowest BCUT2D eigenvalue weighted by molar-refractivity contribution is 0.332. The Morgan fingerprint density at radius 2 is 1.37 bits per heavy atom. The first-order valence-corrected chi connectivity index (χ1v) is 20.7. The van der Waals surface area contributed by atoms with Gasteiger partial charge in [0.25, 0.3) is 6.71 Å². The van der Waals surface area contributed by atoms with Gasteiger partial charge in [0, 0.05) is 37.3 Å². The van der Waals surface area contributed by atoms with E-state index in [0.29, 0.717) is 5.82 Å². The zero-order valence-electron chi connectivity index (χ0n) is 44.1. The van der Waals surface area contributed by atoms with Gasteiger partial charge < -0.3 is 0 Å². The van der Waals surface area contributed by atoms with Gasteiger partial charge >= 0.3 is 0 Å². The van der Waals surface area contributed by atoms with E-state index in [1.54, 1.807) is 11.3 Å². The molecule has 57 heavy (non-hydrogen) atoms. The summed E-state index contributed by atoms with van der Waals surface area (Å²) in [5.74, 6) is 0.589. The number of para-hydroxylation sites is 2. The van der Waals surface area contributed by atoms with Gasteiger partial charge in [0.05, 0.1) is 19.4 Å². The molecule has 0 amide bonds. The van der Waals surface area contributed by atoms with E-state index in [1.165, 1.54) is 21.6 Å². The summed E-state index contributed by atoms with van der Waals surface area (Å²) in [5.41, 5.74) is 7.73. The van der Waals surface area contributed by atoms with Gasteiger partial charge in [-0.2, -0.15) is 0 Å². The van der Waals surface area contributed by atoms with Crippen LogP contribution in [0.2, 0.25) is 0 Å². The number of fused-ring (bicyclic) bond motifs is 7. The topological polar surface area (TPSA) is 19.4 Å². The van der Waals surface area contributed by atoms with Crippen molar-refractivity contribution in [2.75, 3.05) is 9.80 Å². The molecule has 0 spiro atoms. The number of thiophene rings is 1. The molecule has 2 aliphatic heterocycles. The van der Waals surface area contributed by atoms with E-state index >= 15 is 0 Å². The molecular weight excluding hydrogens is 709 g/mol. The van der Waals surface area contributed by atoms with Gasteiger partial charge in [-0.1, -0.05) is 140 Å². The molecule has 0 saturated heterocycles. The zero-order valence-corrected chi connectivity index (χ0v) is 34.9. The van der Waals surface area contributed by atoms with Crippen LogP contribution < -0.4 is 25.5 Å². The molecule has 5 heteroatoms. The molecule has 284 valence electrons. The van der Waals surface area contributed by atoms with E-state index in [2.05, 4.69) is 122 Å². The maximum Gasteiger partial charge on any atom is 0.262 e. The lowest BCUT2D eigenvalue weighted by Crippen LogP contribution is -2.63. The Hall–Kier alpha value is -5.13. The average Bonchev–Trinajstić information content (AvgIpc) is 3.66. The smallest absolute Gasteiger partial charge is 0.262 e. The minimum Gasteiger partial charge on any atom is -0.295 e. The fourth-order valence-electron chi connectivity index (χ4n) is 9.63. The van der Waals surface area contributed by atoms with E-state index in [9.17, 15) is 5.48 Å². The molecule has 0 N–H and O–H groups in total. The molecule has 7 aromatic rings. The molecule has 3 aliphatic rings. The van der Waals surface area contributed by atoms with Crippen LogP contribution in [0.5, 0.6) is 0 Å². The van der Waals surface area contributed by atoms with Crippen LogP contribution in [0.1, 0.15) is 117 Å². The minimum absolute atomic E-state index is 0.0415. The largest absolute Gasteiger partial charge is 0.295 e. The van der Waals surface area contributed by atoms with Crippen molar-refractivity contribution < 1.29 is 13.7 Å². The predicted octanol–water partition coefficient (Wildman–Crippen LogP) is 12.4. The van der Waals surface area contributed by atoms with E-state index in [-0.39, 0.29) is 40.2 Å². The fraction of sp³-hybridized carbons (Fsp3) is 0.288. The van der Waals surface area contributed by atoms with Gasteiger partial charge in [0.1, 0.15) is 11.6 Å². The molecule has 3 nitrogen and oxygen atoms in total. The van der Waals surface area contributed by atoms with Crippen molar-refractivity contribution in [1.29, 1.82) is 0 Å². The van der Waals surface area contributed by atoms with Crippen LogP contribution in [0.15, 0.2) is 127 Å². The van der Waals surface area contributed by atoms with Crippen LogP contribution in [0.25, 0.3) is 10.1 Å². The molecule has 0 atom stereocenters. The summed E-state index contributed by atoms with van der Waals surface area (Å²) in [5, 5.41) is 1.06. The minimum atomic E-state index is -0.707. The molecule has 2 aromatic heterocycles. The maximum absolute atomic E-state index is 9.32. The zero-order chi connectivity index (χ0) is 48.3. The molecule has 0 fully saturated rings. The van der Waals surface area contributed by atoms with Crippen LogP contribution >= 0.6 is 11.3 Å².